The average Bonchev–Trinajstić information content (AvgIpc) is 2.60. The van der Waals surface area contributed by atoms with Crippen molar-refractivity contribution < 1.29 is 35.1 Å². The highest BCUT2D eigenvalue weighted by atomic mass is 16.6. The van der Waals surface area contributed by atoms with Crippen LogP contribution in [0.3, 0.4) is 0 Å². The molecule has 1 heterocycles. The van der Waals surface area contributed by atoms with Crippen LogP contribution >= 0.6 is 0 Å². The van der Waals surface area contributed by atoms with E-state index in [0.29, 0.717) is 0 Å². The Morgan fingerprint density at radius 1 is 1.28 bits per heavy atom. The van der Waals surface area contributed by atoms with Gasteiger partial charge in [0.05, 0.1) is 12.6 Å². The number of hydrazine groups is 2. The summed E-state index contributed by atoms with van der Waals surface area (Å²) in [5.41, 5.74) is 4.60. The van der Waals surface area contributed by atoms with Crippen LogP contribution in [0.4, 0.5) is 0 Å². The van der Waals surface area contributed by atoms with E-state index in [9.17, 15) is 30.3 Å². The van der Waals surface area contributed by atoms with Crippen LogP contribution in [-0.2, 0) is 4.74 Å². The van der Waals surface area contributed by atoms with E-state index < -0.39 is 48.8 Å². The summed E-state index contributed by atoms with van der Waals surface area (Å²) in [6, 6.07) is 2.49. The van der Waals surface area contributed by atoms with Gasteiger partial charge in [0.25, 0.3) is 5.91 Å². The Kier molecular flexibility index (Phi) is 6.13. The normalized spacial score (nSPS) is 29.4. The van der Waals surface area contributed by atoms with Gasteiger partial charge in [0.1, 0.15) is 18.3 Å². The highest BCUT2D eigenvalue weighted by molar-refractivity contribution is 5.94. The summed E-state index contributed by atoms with van der Waals surface area (Å²) in [6.07, 6.45) is -4.94. The third-order valence-electron chi connectivity index (χ3n) is 4.08. The van der Waals surface area contributed by atoms with E-state index in [1.807, 2.05) is 0 Å². The molecular weight excluding hydrogens is 336 g/mol. The molecule has 9 N–H and O–H groups in total. The number of aliphatic hydroxyl groups excluding tert-OH is 3. The number of aromatic hydroxyl groups is 2. The molecule has 0 bridgehead atoms. The average molecular weight is 358 g/mol. The molecular formula is C14H22N4O7. The molecule has 11 nitrogen and oxygen atoms in total. The van der Waals surface area contributed by atoms with E-state index in [1.165, 1.54) is 13.1 Å². The van der Waals surface area contributed by atoms with Gasteiger partial charge in [-0.05, 0) is 18.2 Å². The summed E-state index contributed by atoms with van der Waals surface area (Å²) in [4.78, 5) is 13.6. The van der Waals surface area contributed by atoms with Crippen molar-refractivity contribution in [2.75, 3.05) is 13.7 Å². The zero-order chi connectivity index (χ0) is 18.7. The van der Waals surface area contributed by atoms with Crippen LogP contribution in [0.25, 0.3) is 0 Å². The summed E-state index contributed by atoms with van der Waals surface area (Å²) in [5, 5.41) is 48.7. The lowest BCUT2D eigenvalue weighted by Crippen LogP contribution is -2.69. The van der Waals surface area contributed by atoms with Crippen LogP contribution in [0.1, 0.15) is 10.4 Å². The maximum Gasteiger partial charge on any atom is 0.255 e. The number of likely N-dealkylation sites (N-methyl/N-ethyl adjacent to an activating group) is 1. The molecule has 1 aliphatic heterocycles. The van der Waals surface area contributed by atoms with Gasteiger partial charge in [0.15, 0.2) is 17.7 Å². The summed E-state index contributed by atoms with van der Waals surface area (Å²) < 4.78 is 5.43. The van der Waals surface area contributed by atoms with Gasteiger partial charge in [-0.25, -0.2) is 5.43 Å². The first kappa shape index (κ1) is 19.3. The van der Waals surface area contributed by atoms with Crippen LogP contribution in [0.2, 0.25) is 0 Å². The van der Waals surface area contributed by atoms with E-state index in [1.54, 1.807) is 0 Å². The summed E-state index contributed by atoms with van der Waals surface area (Å²) in [5.74, 6) is 3.68. The third kappa shape index (κ3) is 3.82. The molecule has 1 saturated heterocycles. The highest BCUT2D eigenvalue weighted by Crippen LogP contribution is 2.27. The van der Waals surface area contributed by atoms with Crippen molar-refractivity contribution in [3.8, 4) is 11.5 Å². The number of ether oxygens (including phenoxy) is 1. The Balaban J connectivity index is 2.24. The molecule has 1 fully saturated rings. The van der Waals surface area contributed by atoms with Gasteiger partial charge in [-0.2, -0.15) is 5.53 Å². The number of carbonyl (C=O) groups is 1. The van der Waals surface area contributed by atoms with Crippen LogP contribution in [0.5, 0.6) is 11.5 Å². The van der Waals surface area contributed by atoms with Crippen LogP contribution < -0.4 is 16.8 Å². The molecule has 1 aromatic carbocycles. The lowest BCUT2D eigenvalue weighted by molar-refractivity contribution is -0.226. The number of aliphatic hydroxyl groups is 3. The molecule has 0 radical (unpaired) electrons. The Morgan fingerprint density at radius 2 is 1.96 bits per heavy atom. The van der Waals surface area contributed by atoms with Crippen molar-refractivity contribution in [1.82, 2.24) is 15.9 Å². The van der Waals surface area contributed by atoms with E-state index in [2.05, 4.69) is 11.0 Å². The minimum Gasteiger partial charge on any atom is -0.504 e. The zero-order valence-corrected chi connectivity index (χ0v) is 13.4. The maximum atomic E-state index is 12.6. The Hall–Kier alpha value is -1.99. The number of carbonyl (C=O) groups excluding carboxylic acids is 1. The number of hydrogen-bond acceptors (Lipinski definition) is 10. The van der Waals surface area contributed by atoms with E-state index >= 15 is 0 Å². The number of amides is 1. The molecule has 0 unspecified atom stereocenters. The van der Waals surface area contributed by atoms with Crippen molar-refractivity contribution in [3.05, 3.63) is 23.8 Å². The maximum absolute atomic E-state index is 12.6. The van der Waals surface area contributed by atoms with Crippen molar-refractivity contribution in [3.63, 3.8) is 0 Å². The molecule has 5 atom stereocenters. The van der Waals surface area contributed by atoms with Crippen LogP contribution in [0, 0.1) is 0 Å². The first-order chi connectivity index (χ1) is 11.8. The molecule has 11 heteroatoms. The third-order valence-corrected chi connectivity index (χ3v) is 4.08. The predicted octanol–water partition coefficient (Wildman–Crippen LogP) is -3.05. The fourth-order valence-electron chi connectivity index (χ4n) is 2.66. The van der Waals surface area contributed by atoms with Gasteiger partial charge in [-0.15, -0.1) is 0 Å². The van der Waals surface area contributed by atoms with Gasteiger partial charge in [0.2, 0.25) is 0 Å². The van der Waals surface area contributed by atoms with E-state index in [0.717, 1.165) is 17.0 Å². The first-order valence-corrected chi connectivity index (χ1v) is 7.44. The molecule has 1 amide bonds. The molecule has 0 aromatic heterocycles. The van der Waals surface area contributed by atoms with Gasteiger partial charge in [-0.1, -0.05) is 0 Å². The second kappa shape index (κ2) is 7.93. The van der Waals surface area contributed by atoms with Crippen molar-refractivity contribution in [2.24, 2.45) is 5.84 Å². The number of benzene rings is 1. The number of phenolic OH excluding ortho intramolecular Hbond substituents is 2. The molecule has 1 aromatic rings. The smallest absolute Gasteiger partial charge is 0.255 e. The van der Waals surface area contributed by atoms with Crippen molar-refractivity contribution >= 4 is 5.91 Å². The monoisotopic (exact) mass is 358 g/mol. The lowest BCUT2D eigenvalue weighted by Gasteiger charge is -2.45. The van der Waals surface area contributed by atoms with Gasteiger partial charge in [-0.3, -0.25) is 10.6 Å². The fourth-order valence-corrected chi connectivity index (χ4v) is 2.66. The van der Waals surface area contributed by atoms with Gasteiger partial charge >= 0.3 is 0 Å². The molecule has 0 aliphatic carbocycles. The lowest BCUT2D eigenvalue weighted by atomic mass is 9.95. The SMILES string of the molecule is CN(C(=O)c1ccc(O)c(O)c1)[C@@H]1O[C@H](CO)[C@H](O)[C@H](NNN)[C@H]1O. The summed E-state index contributed by atoms with van der Waals surface area (Å²) in [6.45, 7) is -0.546. The fraction of sp³-hybridized carbons (Fsp3) is 0.500. The second-order valence-electron chi connectivity index (χ2n) is 5.66. The number of hydrogen-bond donors (Lipinski definition) is 8. The summed E-state index contributed by atoms with van der Waals surface area (Å²) >= 11 is 0. The zero-order valence-electron chi connectivity index (χ0n) is 13.4. The number of phenols is 2. The van der Waals surface area contributed by atoms with Crippen molar-refractivity contribution in [2.45, 2.75) is 30.6 Å². The minimum atomic E-state index is -1.38. The topological polar surface area (TPSA) is 181 Å². The van der Waals surface area contributed by atoms with Crippen LogP contribution in [-0.4, -0.2) is 80.6 Å². The molecule has 2 rings (SSSR count). The Labute approximate surface area is 143 Å². The van der Waals surface area contributed by atoms with E-state index in [-0.39, 0.29) is 11.3 Å². The minimum absolute atomic E-state index is 0.0433. The highest BCUT2D eigenvalue weighted by Gasteiger charge is 2.46. The second-order valence-corrected chi connectivity index (χ2v) is 5.66. The number of nitrogens with one attached hydrogen (secondary N) is 2. The summed E-state index contributed by atoms with van der Waals surface area (Å²) in [7, 11) is 1.35. The number of rotatable bonds is 5. The number of nitrogens with zero attached hydrogens (tertiary/aromatic N) is 1. The first-order valence-electron chi connectivity index (χ1n) is 7.44. The van der Waals surface area contributed by atoms with Crippen molar-refractivity contribution in [1.29, 1.82) is 0 Å². The van der Waals surface area contributed by atoms with E-state index in [4.69, 9.17) is 10.6 Å². The van der Waals surface area contributed by atoms with Gasteiger partial charge < -0.3 is 35.2 Å². The molecule has 0 spiro atoms. The van der Waals surface area contributed by atoms with Crippen LogP contribution in [0.15, 0.2) is 18.2 Å². The Morgan fingerprint density at radius 3 is 2.52 bits per heavy atom. The molecule has 25 heavy (non-hydrogen) atoms. The molecule has 1 aliphatic rings. The molecule has 0 saturated carbocycles. The quantitative estimate of drug-likeness (QED) is 0.153. The largest absolute Gasteiger partial charge is 0.504 e. The standard InChI is InChI=1S/C14H22N4O7/c1-18(13(24)6-2-3-7(20)8(21)4-6)14-12(23)10(16-17-15)11(22)9(5-19)25-14/h2-4,9-12,14,16-17,19-23H,5,15H2,1H3/t9-,10+,11+,12-,14-/m1/s1. The number of nitrogens with two attached hydrogens (primary N) is 1. The van der Waals surface area contributed by atoms with Gasteiger partial charge in [0, 0.05) is 12.6 Å². The Bertz CT molecular complexity index is 617. The molecule has 140 valence electrons. The predicted molar refractivity (Wildman–Crippen MR) is 83.9 cm³/mol.